The summed E-state index contributed by atoms with van der Waals surface area (Å²) in [6, 6.07) is 10.8. The van der Waals surface area contributed by atoms with E-state index >= 15 is 0 Å². The zero-order valence-corrected chi connectivity index (χ0v) is 11.3. The van der Waals surface area contributed by atoms with E-state index in [9.17, 15) is 4.39 Å². The van der Waals surface area contributed by atoms with Crippen molar-refractivity contribution in [1.82, 2.24) is 0 Å². The van der Waals surface area contributed by atoms with Gasteiger partial charge in [0.15, 0.2) is 11.6 Å². The number of benzene rings is 2. The van der Waals surface area contributed by atoms with Crippen molar-refractivity contribution in [3.63, 3.8) is 0 Å². The van der Waals surface area contributed by atoms with E-state index in [1.165, 1.54) is 24.3 Å². The highest BCUT2D eigenvalue weighted by Crippen LogP contribution is 2.31. The second kappa shape index (κ2) is 5.38. The molecule has 18 heavy (non-hydrogen) atoms. The SMILES string of the molecule is N#Cc1ccc(Cl)cc1Oc1cc(Br)ccc1F. The Labute approximate surface area is 117 Å². The van der Waals surface area contributed by atoms with Crippen LogP contribution in [0.1, 0.15) is 5.56 Å². The van der Waals surface area contributed by atoms with Crippen molar-refractivity contribution in [3.05, 3.63) is 57.3 Å². The number of halogens is 3. The molecule has 0 heterocycles. The number of hydrogen-bond acceptors (Lipinski definition) is 2. The lowest BCUT2D eigenvalue weighted by molar-refractivity contribution is 0.441. The first-order valence-corrected chi connectivity index (χ1v) is 6.10. The number of rotatable bonds is 2. The molecule has 0 spiro atoms. The number of nitriles is 1. The molecular weight excluding hydrogens is 321 g/mol. The molecule has 0 radical (unpaired) electrons. The van der Waals surface area contributed by atoms with Gasteiger partial charge >= 0.3 is 0 Å². The zero-order chi connectivity index (χ0) is 13.1. The lowest BCUT2D eigenvalue weighted by Gasteiger charge is -2.09. The van der Waals surface area contributed by atoms with Crippen LogP contribution in [0.3, 0.4) is 0 Å². The van der Waals surface area contributed by atoms with E-state index < -0.39 is 5.82 Å². The molecule has 2 rings (SSSR count). The summed E-state index contributed by atoms with van der Waals surface area (Å²) in [5, 5.41) is 9.35. The first kappa shape index (κ1) is 12.9. The highest BCUT2D eigenvalue weighted by molar-refractivity contribution is 9.10. The molecule has 2 aromatic rings. The summed E-state index contributed by atoms with van der Waals surface area (Å²) in [7, 11) is 0. The molecule has 0 saturated heterocycles. The van der Waals surface area contributed by atoms with Gasteiger partial charge in [0.1, 0.15) is 11.8 Å². The summed E-state index contributed by atoms with van der Waals surface area (Å²) in [5.41, 5.74) is 0.291. The molecule has 0 aliphatic carbocycles. The molecular formula is C13H6BrClFNO. The summed E-state index contributed by atoms with van der Waals surface area (Å²) < 4.78 is 19.6. The van der Waals surface area contributed by atoms with Gasteiger partial charge in [0, 0.05) is 15.6 Å². The molecule has 2 aromatic carbocycles. The Kier molecular flexibility index (Phi) is 3.85. The van der Waals surface area contributed by atoms with E-state index in [0.29, 0.717) is 15.1 Å². The van der Waals surface area contributed by atoms with Crippen molar-refractivity contribution in [2.24, 2.45) is 0 Å². The van der Waals surface area contributed by atoms with Crippen molar-refractivity contribution in [1.29, 1.82) is 5.26 Å². The summed E-state index contributed by atoms with van der Waals surface area (Å²) >= 11 is 9.04. The Morgan fingerprint density at radius 2 is 1.94 bits per heavy atom. The van der Waals surface area contributed by atoms with Crippen molar-refractivity contribution < 1.29 is 9.13 Å². The Bertz CT molecular complexity index is 639. The zero-order valence-electron chi connectivity index (χ0n) is 8.95. The van der Waals surface area contributed by atoms with Crippen LogP contribution in [0.15, 0.2) is 40.9 Å². The first-order chi connectivity index (χ1) is 8.60. The van der Waals surface area contributed by atoms with E-state index in [0.717, 1.165) is 0 Å². The molecule has 0 atom stereocenters. The molecule has 90 valence electrons. The molecule has 0 aliphatic rings. The maximum atomic E-state index is 13.5. The fourth-order valence-electron chi connectivity index (χ4n) is 1.35. The molecule has 0 unspecified atom stereocenters. The number of nitrogens with zero attached hydrogens (tertiary/aromatic N) is 1. The third-order valence-electron chi connectivity index (χ3n) is 2.18. The maximum Gasteiger partial charge on any atom is 0.165 e. The molecule has 0 aliphatic heterocycles. The third-order valence-corrected chi connectivity index (χ3v) is 2.91. The standard InChI is InChI=1S/C13H6BrClFNO/c14-9-2-4-11(16)13(5-9)18-12-6-10(15)3-1-8(12)7-17/h1-6H. The third kappa shape index (κ3) is 2.81. The van der Waals surface area contributed by atoms with Gasteiger partial charge in [-0.2, -0.15) is 5.26 Å². The highest BCUT2D eigenvalue weighted by Gasteiger charge is 2.09. The summed E-state index contributed by atoms with van der Waals surface area (Å²) in [4.78, 5) is 0. The van der Waals surface area contributed by atoms with Gasteiger partial charge in [-0.15, -0.1) is 0 Å². The summed E-state index contributed by atoms with van der Waals surface area (Å²) in [6.45, 7) is 0. The van der Waals surface area contributed by atoms with Gasteiger partial charge in [0.05, 0.1) is 5.56 Å². The van der Waals surface area contributed by atoms with E-state index in [4.69, 9.17) is 21.6 Å². The lowest BCUT2D eigenvalue weighted by Crippen LogP contribution is -1.91. The minimum Gasteiger partial charge on any atom is -0.453 e. The molecule has 5 heteroatoms. The lowest BCUT2D eigenvalue weighted by atomic mass is 10.2. The van der Waals surface area contributed by atoms with Crippen LogP contribution in [-0.4, -0.2) is 0 Å². The minimum absolute atomic E-state index is 0.0307. The molecule has 0 saturated carbocycles. The minimum atomic E-state index is -0.512. The van der Waals surface area contributed by atoms with Crippen LogP contribution in [0.5, 0.6) is 11.5 Å². The van der Waals surface area contributed by atoms with E-state index in [1.807, 2.05) is 6.07 Å². The quantitative estimate of drug-likeness (QED) is 0.786. The van der Waals surface area contributed by atoms with Gasteiger partial charge < -0.3 is 4.74 Å². The van der Waals surface area contributed by atoms with E-state index in [2.05, 4.69) is 15.9 Å². The van der Waals surface area contributed by atoms with Gasteiger partial charge in [0.25, 0.3) is 0 Å². The summed E-state index contributed by atoms with van der Waals surface area (Å²) in [5.74, 6) is -0.257. The predicted molar refractivity (Wildman–Crippen MR) is 70.3 cm³/mol. The van der Waals surface area contributed by atoms with Gasteiger partial charge in [-0.1, -0.05) is 27.5 Å². The van der Waals surface area contributed by atoms with Gasteiger partial charge in [-0.25, -0.2) is 4.39 Å². The van der Waals surface area contributed by atoms with Crippen molar-refractivity contribution in [3.8, 4) is 17.6 Å². The number of ether oxygens (including phenoxy) is 1. The fourth-order valence-corrected chi connectivity index (χ4v) is 1.85. The van der Waals surface area contributed by atoms with Crippen molar-refractivity contribution in [2.45, 2.75) is 0 Å². The van der Waals surface area contributed by atoms with Crippen LogP contribution in [-0.2, 0) is 0 Å². The van der Waals surface area contributed by atoms with Crippen LogP contribution < -0.4 is 4.74 Å². The molecule has 0 N–H and O–H groups in total. The van der Waals surface area contributed by atoms with E-state index in [1.54, 1.807) is 12.1 Å². The topological polar surface area (TPSA) is 33.0 Å². The Balaban J connectivity index is 2.43. The Morgan fingerprint density at radius 3 is 2.67 bits per heavy atom. The van der Waals surface area contributed by atoms with E-state index in [-0.39, 0.29) is 11.5 Å². The monoisotopic (exact) mass is 325 g/mol. The molecule has 0 amide bonds. The molecule has 2 nitrogen and oxygen atoms in total. The normalized spacial score (nSPS) is 9.89. The second-order valence-electron chi connectivity index (χ2n) is 3.43. The first-order valence-electron chi connectivity index (χ1n) is 4.92. The Morgan fingerprint density at radius 1 is 1.17 bits per heavy atom. The molecule has 0 aromatic heterocycles. The maximum absolute atomic E-state index is 13.5. The van der Waals surface area contributed by atoms with Crippen molar-refractivity contribution in [2.75, 3.05) is 0 Å². The van der Waals surface area contributed by atoms with Crippen molar-refractivity contribution >= 4 is 27.5 Å². The summed E-state index contributed by atoms with van der Waals surface area (Å²) in [6.07, 6.45) is 0. The highest BCUT2D eigenvalue weighted by atomic mass is 79.9. The van der Waals surface area contributed by atoms with Crippen LogP contribution >= 0.6 is 27.5 Å². The van der Waals surface area contributed by atoms with Crippen LogP contribution in [0.25, 0.3) is 0 Å². The Hall–Kier alpha value is -1.57. The largest absolute Gasteiger partial charge is 0.453 e. The van der Waals surface area contributed by atoms with Gasteiger partial charge in [-0.3, -0.25) is 0 Å². The molecule has 0 bridgehead atoms. The smallest absolute Gasteiger partial charge is 0.165 e. The molecule has 0 fully saturated rings. The second-order valence-corrected chi connectivity index (χ2v) is 4.78. The average Bonchev–Trinajstić information content (AvgIpc) is 2.34. The van der Waals surface area contributed by atoms with Gasteiger partial charge in [0.2, 0.25) is 0 Å². The predicted octanol–water partition coefficient (Wildman–Crippen LogP) is 4.91. The average molecular weight is 327 g/mol. The fraction of sp³-hybridized carbons (Fsp3) is 0. The van der Waals surface area contributed by atoms with Crippen LogP contribution in [0, 0.1) is 17.1 Å². The van der Waals surface area contributed by atoms with Gasteiger partial charge in [-0.05, 0) is 30.3 Å². The van der Waals surface area contributed by atoms with Crippen LogP contribution in [0.4, 0.5) is 4.39 Å². The van der Waals surface area contributed by atoms with Crippen LogP contribution in [0.2, 0.25) is 5.02 Å². The number of hydrogen-bond donors (Lipinski definition) is 0.